The fourth-order valence-corrected chi connectivity index (χ4v) is 1.67. The highest BCUT2D eigenvalue weighted by Crippen LogP contribution is 2.30. The predicted molar refractivity (Wildman–Crippen MR) is 67.3 cm³/mol. The maximum atomic E-state index is 12.2. The van der Waals surface area contributed by atoms with Gasteiger partial charge in [-0.15, -0.1) is 13.2 Å². The zero-order valence-electron chi connectivity index (χ0n) is 10.4. The van der Waals surface area contributed by atoms with Gasteiger partial charge in [0.1, 0.15) is 5.75 Å². The van der Waals surface area contributed by atoms with Gasteiger partial charge in [-0.2, -0.15) is 0 Å². The van der Waals surface area contributed by atoms with E-state index in [9.17, 15) is 13.2 Å². The number of hydrogen-bond acceptors (Lipinski definition) is 4. The van der Waals surface area contributed by atoms with E-state index in [-0.39, 0.29) is 11.6 Å². The van der Waals surface area contributed by atoms with Crippen LogP contribution in [0.3, 0.4) is 0 Å². The average Bonchev–Trinajstić information content (AvgIpc) is 2.37. The Morgan fingerprint density at radius 2 is 1.90 bits per heavy atom. The summed E-state index contributed by atoms with van der Waals surface area (Å²) >= 11 is 0. The molecule has 2 rings (SSSR count). The van der Waals surface area contributed by atoms with Crippen LogP contribution < -0.4 is 15.2 Å². The van der Waals surface area contributed by atoms with Crippen molar-refractivity contribution in [2.75, 3.05) is 12.8 Å². The second-order valence-electron chi connectivity index (χ2n) is 3.90. The number of aromatic nitrogens is 1. The molecule has 0 spiro atoms. The van der Waals surface area contributed by atoms with Crippen LogP contribution in [-0.4, -0.2) is 18.5 Å². The Morgan fingerprint density at radius 1 is 1.15 bits per heavy atom. The van der Waals surface area contributed by atoms with E-state index in [1.807, 2.05) is 0 Å². The van der Waals surface area contributed by atoms with Gasteiger partial charge in [0.05, 0.1) is 12.8 Å². The number of nitrogens with two attached hydrogens (primary N) is 1. The van der Waals surface area contributed by atoms with Gasteiger partial charge in [0, 0.05) is 11.8 Å². The lowest BCUT2D eigenvalue weighted by molar-refractivity contribution is -0.274. The SMILES string of the molecule is COc1ncc(-c2cccc(OC(F)(F)F)c2)cc1N. The first kappa shape index (κ1) is 14.0. The standard InChI is InChI=1S/C13H11F3N2O2/c1-19-12-11(17)6-9(7-18-12)8-3-2-4-10(5-8)20-13(14,15)16/h2-7H,17H2,1H3. The number of halogens is 3. The number of nitrogens with zero attached hydrogens (tertiary/aromatic N) is 1. The van der Waals surface area contributed by atoms with Gasteiger partial charge in [0.25, 0.3) is 0 Å². The Labute approximate surface area is 113 Å². The zero-order chi connectivity index (χ0) is 14.8. The summed E-state index contributed by atoms with van der Waals surface area (Å²) in [7, 11) is 1.43. The molecule has 2 N–H and O–H groups in total. The summed E-state index contributed by atoms with van der Waals surface area (Å²) in [5.74, 6) is -0.0409. The predicted octanol–water partition coefficient (Wildman–Crippen LogP) is 3.24. The maximum Gasteiger partial charge on any atom is 0.573 e. The van der Waals surface area contributed by atoms with Gasteiger partial charge >= 0.3 is 6.36 Å². The van der Waals surface area contributed by atoms with Gasteiger partial charge in [-0.25, -0.2) is 4.98 Å². The molecule has 0 radical (unpaired) electrons. The van der Waals surface area contributed by atoms with Crippen molar-refractivity contribution in [3.63, 3.8) is 0 Å². The third-order valence-electron chi connectivity index (χ3n) is 2.47. The first-order valence-electron chi connectivity index (χ1n) is 5.55. The Bertz CT molecular complexity index is 615. The first-order valence-corrected chi connectivity index (χ1v) is 5.55. The second kappa shape index (κ2) is 5.28. The first-order chi connectivity index (χ1) is 9.39. The highest BCUT2D eigenvalue weighted by atomic mass is 19.4. The van der Waals surface area contributed by atoms with Crippen LogP contribution >= 0.6 is 0 Å². The van der Waals surface area contributed by atoms with Crippen LogP contribution in [0.4, 0.5) is 18.9 Å². The molecule has 1 aromatic carbocycles. The molecule has 0 aliphatic heterocycles. The van der Waals surface area contributed by atoms with Gasteiger partial charge in [-0.05, 0) is 23.8 Å². The Kier molecular flexibility index (Phi) is 3.69. The van der Waals surface area contributed by atoms with Crippen molar-refractivity contribution < 1.29 is 22.6 Å². The summed E-state index contributed by atoms with van der Waals surface area (Å²) in [6, 6.07) is 7.13. The lowest BCUT2D eigenvalue weighted by Crippen LogP contribution is -2.17. The number of pyridine rings is 1. The van der Waals surface area contributed by atoms with Crippen molar-refractivity contribution in [3.8, 4) is 22.8 Å². The Morgan fingerprint density at radius 3 is 2.50 bits per heavy atom. The number of hydrogen-bond donors (Lipinski definition) is 1. The molecule has 0 fully saturated rings. The van der Waals surface area contributed by atoms with E-state index in [0.29, 0.717) is 16.8 Å². The quantitative estimate of drug-likeness (QED) is 0.940. The molecule has 0 amide bonds. The number of anilines is 1. The third-order valence-corrected chi connectivity index (χ3v) is 2.47. The molecule has 0 aliphatic rings. The van der Waals surface area contributed by atoms with Crippen LogP contribution in [0.1, 0.15) is 0 Å². The van der Waals surface area contributed by atoms with Gasteiger partial charge in [0.2, 0.25) is 5.88 Å². The largest absolute Gasteiger partial charge is 0.573 e. The molecule has 0 atom stereocenters. The van der Waals surface area contributed by atoms with E-state index in [2.05, 4.69) is 9.72 Å². The van der Waals surface area contributed by atoms with Gasteiger partial charge in [-0.3, -0.25) is 0 Å². The summed E-state index contributed by atoms with van der Waals surface area (Å²) in [6.07, 6.45) is -3.27. The third kappa shape index (κ3) is 3.31. The minimum Gasteiger partial charge on any atom is -0.480 e. The van der Waals surface area contributed by atoms with Crippen LogP contribution in [0, 0.1) is 0 Å². The summed E-state index contributed by atoms with van der Waals surface area (Å²) in [5.41, 5.74) is 7.08. The Balaban J connectivity index is 2.33. The van der Waals surface area contributed by atoms with Crippen molar-refractivity contribution in [1.82, 2.24) is 4.98 Å². The summed E-state index contributed by atoms with van der Waals surface area (Å²) in [6.45, 7) is 0. The van der Waals surface area contributed by atoms with E-state index in [1.165, 1.54) is 31.5 Å². The van der Waals surface area contributed by atoms with E-state index in [1.54, 1.807) is 12.1 Å². The lowest BCUT2D eigenvalue weighted by Gasteiger charge is -2.10. The highest BCUT2D eigenvalue weighted by Gasteiger charge is 2.31. The monoisotopic (exact) mass is 284 g/mol. The topological polar surface area (TPSA) is 57.4 Å². The molecule has 7 heteroatoms. The number of nitrogen functional groups attached to an aromatic ring is 1. The normalized spacial score (nSPS) is 11.2. The number of methoxy groups -OCH3 is 1. The molecule has 20 heavy (non-hydrogen) atoms. The molecule has 106 valence electrons. The molecular weight excluding hydrogens is 273 g/mol. The van der Waals surface area contributed by atoms with Gasteiger partial charge in [-0.1, -0.05) is 12.1 Å². The van der Waals surface area contributed by atoms with Crippen LogP contribution in [0.2, 0.25) is 0 Å². The minimum atomic E-state index is -4.73. The molecule has 1 heterocycles. The number of alkyl halides is 3. The summed E-state index contributed by atoms with van der Waals surface area (Å²) in [4.78, 5) is 3.97. The van der Waals surface area contributed by atoms with Crippen molar-refractivity contribution >= 4 is 5.69 Å². The minimum absolute atomic E-state index is 0.261. The Hall–Kier alpha value is -2.44. The molecule has 4 nitrogen and oxygen atoms in total. The summed E-state index contributed by atoms with van der Waals surface area (Å²) < 4.78 is 45.3. The highest BCUT2D eigenvalue weighted by molar-refractivity contribution is 5.69. The van der Waals surface area contributed by atoms with Crippen molar-refractivity contribution in [2.45, 2.75) is 6.36 Å². The molecule has 2 aromatic rings. The molecule has 0 saturated heterocycles. The zero-order valence-corrected chi connectivity index (χ0v) is 10.4. The van der Waals surface area contributed by atoms with E-state index in [4.69, 9.17) is 10.5 Å². The summed E-state index contributed by atoms with van der Waals surface area (Å²) in [5, 5.41) is 0. The molecular formula is C13H11F3N2O2. The lowest BCUT2D eigenvalue weighted by atomic mass is 10.1. The molecule has 0 saturated carbocycles. The number of ether oxygens (including phenoxy) is 2. The van der Waals surface area contributed by atoms with Crippen LogP contribution in [-0.2, 0) is 0 Å². The van der Waals surface area contributed by atoms with E-state index < -0.39 is 6.36 Å². The fourth-order valence-electron chi connectivity index (χ4n) is 1.67. The van der Waals surface area contributed by atoms with E-state index >= 15 is 0 Å². The maximum absolute atomic E-state index is 12.2. The fraction of sp³-hybridized carbons (Fsp3) is 0.154. The van der Waals surface area contributed by atoms with Crippen LogP contribution in [0.25, 0.3) is 11.1 Å². The van der Waals surface area contributed by atoms with E-state index in [0.717, 1.165) is 0 Å². The van der Waals surface area contributed by atoms with Crippen molar-refractivity contribution in [3.05, 3.63) is 36.5 Å². The van der Waals surface area contributed by atoms with Crippen molar-refractivity contribution in [1.29, 1.82) is 0 Å². The van der Waals surface area contributed by atoms with Gasteiger partial charge in [0.15, 0.2) is 0 Å². The molecule has 0 unspecified atom stereocenters. The molecule has 0 aliphatic carbocycles. The second-order valence-corrected chi connectivity index (χ2v) is 3.90. The van der Waals surface area contributed by atoms with Gasteiger partial charge < -0.3 is 15.2 Å². The average molecular weight is 284 g/mol. The smallest absolute Gasteiger partial charge is 0.480 e. The molecule has 1 aromatic heterocycles. The van der Waals surface area contributed by atoms with Crippen molar-refractivity contribution in [2.24, 2.45) is 0 Å². The number of rotatable bonds is 3. The van der Waals surface area contributed by atoms with Crippen LogP contribution in [0.15, 0.2) is 36.5 Å². The number of benzene rings is 1. The molecule has 0 bridgehead atoms. The van der Waals surface area contributed by atoms with Crippen LogP contribution in [0.5, 0.6) is 11.6 Å².